The number of amides is 1. The van der Waals surface area contributed by atoms with Crippen molar-refractivity contribution in [3.8, 4) is 0 Å². The van der Waals surface area contributed by atoms with Crippen molar-refractivity contribution < 1.29 is 4.79 Å². The van der Waals surface area contributed by atoms with Crippen LogP contribution in [0.15, 0.2) is 23.6 Å². The average Bonchev–Trinajstić information content (AvgIpc) is 2.64. The Labute approximate surface area is 87.6 Å². The predicted molar refractivity (Wildman–Crippen MR) is 60.0 cm³/mol. The Morgan fingerprint density at radius 1 is 1.79 bits per heavy atom. The lowest BCUT2D eigenvalue weighted by atomic mass is 10.3. The smallest absolute Gasteiger partial charge is 0.236 e. The highest BCUT2D eigenvalue weighted by Gasteiger charge is 2.03. The summed E-state index contributed by atoms with van der Waals surface area (Å²) in [6.07, 6.45) is 3.89. The van der Waals surface area contributed by atoms with Gasteiger partial charge in [0.15, 0.2) is 0 Å². The largest absolute Gasteiger partial charge is 0.351 e. The number of carbonyl (C=O) groups is 1. The van der Waals surface area contributed by atoms with E-state index in [1.165, 1.54) is 4.88 Å². The predicted octanol–water partition coefficient (Wildman–Crippen LogP) is 1.22. The maximum absolute atomic E-state index is 11.0. The molecule has 0 spiro atoms. The molecule has 0 fully saturated rings. The third kappa shape index (κ3) is 3.72. The van der Waals surface area contributed by atoms with Crippen molar-refractivity contribution >= 4 is 23.3 Å². The van der Waals surface area contributed by atoms with Crippen LogP contribution in [0.4, 0.5) is 0 Å². The Morgan fingerprint density at radius 3 is 3.14 bits per heavy atom. The first-order chi connectivity index (χ1) is 6.70. The van der Waals surface area contributed by atoms with E-state index in [2.05, 4.69) is 5.32 Å². The molecule has 0 aliphatic rings. The molecule has 1 atom stereocenters. The Hall–Kier alpha value is -1.13. The molecule has 0 aromatic carbocycles. The van der Waals surface area contributed by atoms with Crippen LogP contribution in [0.25, 0.3) is 6.08 Å². The molecule has 1 aromatic rings. The van der Waals surface area contributed by atoms with Crippen molar-refractivity contribution in [1.29, 1.82) is 0 Å². The molecule has 0 unspecified atom stereocenters. The summed E-state index contributed by atoms with van der Waals surface area (Å²) in [5.41, 5.74) is 5.38. The normalized spacial score (nSPS) is 13.0. The van der Waals surface area contributed by atoms with Gasteiger partial charge in [-0.2, -0.15) is 0 Å². The van der Waals surface area contributed by atoms with Crippen LogP contribution in [-0.2, 0) is 4.79 Å². The van der Waals surface area contributed by atoms with Crippen LogP contribution >= 0.6 is 11.3 Å². The Morgan fingerprint density at radius 2 is 2.57 bits per heavy atom. The molecule has 3 nitrogen and oxygen atoms in total. The molecule has 1 rings (SSSR count). The number of carbonyl (C=O) groups excluding carboxylic acids is 1. The molecule has 3 N–H and O–H groups in total. The van der Waals surface area contributed by atoms with Gasteiger partial charge in [0.05, 0.1) is 6.04 Å². The van der Waals surface area contributed by atoms with Crippen molar-refractivity contribution in [2.24, 2.45) is 5.73 Å². The minimum Gasteiger partial charge on any atom is -0.351 e. The first kappa shape index (κ1) is 10.9. The van der Waals surface area contributed by atoms with Crippen LogP contribution in [-0.4, -0.2) is 18.5 Å². The van der Waals surface area contributed by atoms with Crippen molar-refractivity contribution in [3.63, 3.8) is 0 Å². The summed E-state index contributed by atoms with van der Waals surface area (Å²) in [6, 6.07) is 3.57. The van der Waals surface area contributed by atoms with E-state index in [1.807, 2.05) is 29.7 Å². The monoisotopic (exact) mass is 210 g/mol. The summed E-state index contributed by atoms with van der Waals surface area (Å²) in [5.74, 6) is -0.124. The number of thiophene rings is 1. The van der Waals surface area contributed by atoms with Crippen LogP contribution in [0.2, 0.25) is 0 Å². The van der Waals surface area contributed by atoms with E-state index in [0.717, 1.165) is 0 Å². The summed E-state index contributed by atoms with van der Waals surface area (Å²) >= 11 is 1.66. The summed E-state index contributed by atoms with van der Waals surface area (Å²) < 4.78 is 0. The molecule has 1 heterocycles. The molecule has 0 aliphatic carbocycles. The zero-order valence-corrected chi connectivity index (χ0v) is 8.88. The van der Waals surface area contributed by atoms with Crippen LogP contribution in [0.1, 0.15) is 11.8 Å². The van der Waals surface area contributed by atoms with Gasteiger partial charge in [-0.1, -0.05) is 12.1 Å². The van der Waals surface area contributed by atoms with Gasteiger partial charge in [-0.15, -0.1) is 11.3 Å². The lowest BCUT2D eigenvalue weighted by molar-refractivity contribution is -0.121. The molecule has 76 valence electrons. The van der Waals surface area contributed by atoms with Crippen LogP contribution in [0.5, 0.6) is 0 Å². The van der Waals surface area contributed by atoms with Crippen LogP contribution < -0.4 is 11.1 Å². The van der Waals surface area contributed by atoms with E-state index < -0.39 is 6.04 Å². The second-order valence-electron chi connectivity index (χ2n) is 2.95. The Balaban J connectivity index is 2.25. The first-order valence-corrected chi connectivity index (χ1v) is 5.31. The third-order valence-corrected chi connectivity index (χ3v) is 2.47. The highest BCUT2D eigenvalue weighted by Crippen LogP contribution is 2.09. The zero-order valence-electron chi connectivity index (χ0n) is 8.07. The van der Waals surface area contributed by atoms with Gasteiger partial charge in [-0.05, 0) is 24.4 Å². The van der Waals surface area contributed by atoms with Gasteiger partial charge in [0.1, 0.15) is 0 Å². The highest BCUT2D eigenvalue weighted by molar-refractivity contribution is 7.10. The number of rotatable bonds is 4. The second-order valence-corrected chi connectivity index (χ2v) is 3.93. The lowest BCUT2D eigenvalue weighted by Crippen LogP contribution is -2.38. The summed E-state index contributed by atoms with van der Waals surface area (Å²) in [5, 5.41) is 4.71. The van der Waals surface area contributed by atoms with E-state index in [0.29, 0.717) is 6.54 Å². The highest BCUT2D eigenvalue weighted by atomic mass is 32.1. The molecular weight excluding hydrogens is 196 g/mol. The Bertz CT molecular complexity index is 304. The van der Waals surface area contributed by atoms with Crippen molar-refractivity contribution in [3.05, 3.63) is 28.5 Å². The van der Waals surface area contributed by atoms with Gasteiger partial charge in [0, 0.05) is 11.4 Å². The second kappa shape index (κ2) is 5.57. The van der Waals surface area contributed by atoms with Crippen LogP contribution in [0.3, 0.4) is 0 Å². The Kier molecular flexibility index (Phi) is 4.35. The van der Waals surface area contributed by atoms with E-state index in [9.17, 15) is 4.79 Å². The maximum atomic E-state index is 11.0. The molecule has 1 aromatic heterocycles. The molecule has 4 heteroatoms. The van der Waals surface area contributed by atoms with Crippen molar-refractivity contribution in [2.75, 3.05) is 6.54 Å². The molecule has 0 saturated heterocycles. The molecule has 1 amide bonds. The minimum absolute atomic E-state index is 0.124. The SMILES string of the molecule is C[C@@H](N)C(=O)NCC=Cc1cccs1. The van der Waals surface area contributed by atoms with Gasteiger partial charge in [-0.25, -0.2) is 0 Å². The van der Waals surface area contributed by atoms with Crippen molar-refractivity contribution in [2.45, 2.75) is 13.0 Å². The maximum Gasteiger partial charge on any atom is 0.236 e. The van der Waals surface area contributed by atoms with Gasteiger partial charge >= 0.3 is 0 Å². The van der Waals surface area contributed by atoms with E-state index in [-0.39, 0.29) is 5.91 Å². The lowest BCUT2D eigenvalue weighted by Gasteiger charge is -2.03. The molecule has 0 saturated carbocycles. The van der Waals surface area contributed by atoms with Gasteiger partial charge in [0.25, 0.3) is 0 Å². The fraction of sp³-hybridized carbons (Fsp3) is 0.300. The van der Waals surface area contributed by atoms with E-state index in [1.54, 1.807) is 18.3 Å². The standard InChI is InChI=1S/C10H14N2OS/c1-8(11)10(13)12-6-2-4-9-5-3-7-14-9/h2-5,7-8H,6,11H2,1H3,(H,12,13)/t8-/m1/s1. The first-order valence-electron chi connectivity index (χ1n) is 4.43. The molecule has 0 aliphatic heterocycles. The van der Waals surface area contributed by atoms with Gasteiger partial charge < -0.3 is 11.1 Å². The number of hydrogen-bond acceptors (Lipinski definition) is 3. The zero-order chi connectivity index (χ0) is 10.4. The van der Waals surface area contributed by atoms with Gasteiger partial charge in [0.2, 0.25) is 5.91 Å². The summed E-state index contributed by atoms with van der Waals surface area (Å²) in [6.45, 7) is 2.19. The van der Waals surface area contributed by atoms with Gasteiger partial charge in [-0.3, -0.25) is 4.79 Å². The summed E-state index contributed by atoms with van der Waals surface area (Å²) in [7, 11) is 0. The number of hydrogen-bond donors (Lipinski definition) is 2. The average molecular weight is 210 g/mol. The van der Waals surface area contributed by atoms with E-state index in [4.69, 9.17) is 5.73 Å². The minimum atomic E-state index is -0.440. The molecular formula is C10H14N2OS. The molecule has 0 bridgehead atoms. The quantitative estimate of drug-likeness (QED) is 0.785. The van der Waals surface area contributed by atoms with Crippen LogP contribution in [0, 0.1) is 0 Å². The molecule has 14 heavy (non-hydrogen) atoms. The fourth-order valence-corrected chi connectivity index (χ4v) is 1.53. The molecule has 0 radical (unpaired) electrons. The topological polar surface area (TPSA) is 55.1 Å². The van der Waals surface area contributed by atoms with Crippen molar-refractivity contribution in [1.82, 2.24) is 5.32 Å². The van der Waals surface area contributed by atoms with E-state index >= 15 is 0 Å². The summed E-state index contributed by atoms with van der Waals surface area (Å²) in [4.78, 5) is 12.2. The fourth-order valence-electron chi connectivity index (χ4n) is 0.882. The number of nitrogens with two attached hydrogens (primary N) is 1. The number of nitrogens with one attached hydrogen (secondary N) is 1. The third-order valence-electron chi connectivity index (χ3n) is 1.63.